The summed E-state index contributed by atoms with van der Waals surface area (Å²) < 4.78 is 0. The van der Waals surface area contributed by atoms with Gasteiger partial charge in [-0.15, -0.1) is 23.1 Å². The highest BCUT2D eigenvalue weighted by atomic mass is 32.2. The van der Waals surface area contributed by atoms with E-state index in [0.29, 0.717) is 16.4 Å². The van der Waals surface area contributed by atoms with Crippen LogP contribution in [0.25, 0.3) is 6.08 Å². The molecule has 0 saturated heterocycles. The fraction of sp³-hybridized carbons (Fsp3) is 0.0714. The van der Waals surface area contributed by atoms with E-state index in [9.17, 15) is 24.5 Å². The summed E-state index contributed by atoms with van der Waals surface area (Å²) in [6.45, 7) is 1.76. The lowest BCUT2D eigenvalue weighted by atomic mass is 10.1. The highest BCUT2D eigenvalue weighted by Crippen LogP contribution is 2.27. The number of nitrogens with one attached hydrogen (secondary N) is 3. The molecule has 0 fully saturated rings. The average Bonchev–Trinajstić information content (AvgIpc) is 3.46. The van der Waals surface area contributed by atoms with Crippen LogP contribution in [-0.4, -0.2) is 32.9 Å². The summed E-state index contributed by atoms with van der Waals surface area (Å²) in [5, 5.41) is 21.4. The summed E-state index contributed by atoms with van der Waals surface area (Å²) in [4.78, 5) is 54.4. The second kappa shape index (κ2) is 13.3. The third-order valence-corrected chi connectivity index (χ3v) is 7.18. The number of anilines is 2. The Labute approximate surface area is 237 Å². The number of thioether (sulfide) groups is 1. The minimum absolute atomic E-state index is 0.149. The van der Waals surface area contributed by atoms with E-state index in [1.165, 1.54) is 47.4 Å². The van der Waals surface area contributed by atoms with Gasteiger partial charge in [0.05, 0.1) is 15.7 Å². The van der Waals surface area contributed by atoms with E-state index in [4.69, 9.17) is 0 Å². The second-order valence-electron chi connectivity index (χ2n) is 8.26. The zero-order valence-corrected chi connectivity index (χ0v) is 22.7. The van der Waals surface area contributed by atoms with Crippen molar-refractivity contribution in [2.24, 2.45) is 0 Å². The van der Waals surface area contributed by atoms with Crippen LogP contribution in [0, 0.1) is 10.1 Å². The number of nitrogens with zero attached hydrogens (tertiary/aromatic N) is 2. The van der Waals surface area contributed by atoms with Crippen molar-refractivity contribution in [2.75, 3.05) is 10.6 Å². The molecule has 3 amide bonds. The summed E-state index contributed by atoms with van der Waals surface area (Å²) >= 11 is 2.61. The Hall–Kier alpha value is -4.81. The second-order valence-corrected chi connectivity index (χ2v) is 10.6. The third-order valence-electron chi connectivity index (χ3n) is 5.40. The van der Waals surface area contributed by atoms with E-state index in [-0.39, 0.29) is 22.9 Å². The van der Waals surface area contributed by atoms with E-state index in [1.54, 1.807) is 79.2 Å². The van der Waals surface area contributed by atoms with Gasteiger partial charge in [0.15, 0.2) is 5.13 Å². The van der Waals surface area contributed by atoms with E-state index in [1.807, 2.05) is 0 Å². The monoisotopic (exact) mass is 573 g/mol. The van der Waals surface area contributed by atoms with Gasteiger partial charge in [-0.25, -0.2) is 4.98 Å². The van der Waals surface area contributed by atoms with Gasteiger partial charge in [-0.3, -0.25) is 24.5 Å². The molecule has 3 aromatic carbocycles. The van der Waals surface area contributed by atoms with E-state index in [0.717, 1.165) is 4.90 Å². The first-order valence-electron chi connectivity index (χ1n) is 11.9. The molecule has 4 aromatic rings. The molecule has 40 heavy (non-hydrogen) atoms. The number of thiazole rings is 1. The molecule has 0 aliphatic carbocycles. The fourth-order valence-corrected chi connectivity index (χ4v) is 4.93. The number of hydrogen-bond donors (Lipinski definition) is 3. The molecule has 3 N–H and O–H groups in total. The molecule has 12 heteroatoms. The van der Waals surface area contributed by atoms with Gasteiger partial charge < -0.3 is 16.0 Å². The lowest BCUT2D eigenvalue weighted by Crippen LogP contribution is -2.30. The lowest BCUT2D eigenvalue weighted by molar-refractivity contribution is -0.385. The molecule has 0 radical (unpaired) electrons. The van der Waals surface area contributed by atoms with Crippen molar-refractivity contribution in [1.82, 2.24) is 10.3 Å². The summed E-state index contributed by atoms with van der Waals surface area (Å²) in [7, 11) is 0. The Kier molecular flexibility index (Phi) is 9.39. The SMILES string of the molecule is CC(Sc1cccc(NC(=O)/C(=C\c2ccccc2[N+](=O)[O-])NC(=O)c2ccccc2)c1)C(=O)Nc1nccs1. The first-order chi connectivity index (χ1) is 19.3. The summed E-state index contributed by atoms with van der Waals surface area (Å²) in [6, 6.07) is 21.1. The minimum atomic E-state index is -0.681. The van der Waals surface area contributed by atoms with Crippen LogP contribution in [0.5, 0.6) is 0 Å². The summed E-state index contributed by atoms with van der Waals surface area (Å²) in [6.07, 6.45) is 2.86. The number of hydrogen-bond acceptors (Lipinski definition) is 8. The first-order valence-corrected chi connectivity index (χ1v) is 13.7. The summed E-state index contributed by atoms with van der Waals surface area (Å²) in [5.74, 6) is -1.45. The first kappa shape index (κ1) is 28.2. The molecular weight excluding hydrogens is 550 g/mol. The van der Waals surface area contributed by atoms with Gasteiger partial charge in [-0.2, -0.15) is 0 Å². The number of nitro groups is 1. The molecular formula is C28H23N5O5S2. The lowest BCUT2D eigenvalue weighted by Gasteiger charge is -2.13. The van der Waals surface area contributed by atoms with Crippen molar-refractivity contribution in [1.29, 1.82) is 0 Å². The molecule has 0 spiro atoms. The van der Waals surface area contributed by atoms with Crippen molar-refractivity contribution in [3.63, 3.8) is 0 Å². The molecule has 0 aliphatic heterocycles. The predicted molar refractivity (Wildman–Crippen MR) is 156 cm³/mol. The van der Waals surface area contributed by atoms with Crippen LogP contribution in [0.3, 0.4) is 0 Å². The number of benzene rings is 3. The Morgan fingerprint density at radius 1 is 1.00 bits per heavy atom. The Morgan fingerprint density at radius 3 is 2.48 bits per heavy atom. The van der Waals surface area contributed by atoms with Gasteiger partial charge in [-0.05, 0) is 49.4 Å². The molecule has 4 rings (SSSR count). The van der Waals surface area contributed by atoms with Gasteiger partial charge >= 0.3 is 0 Å². The van der Waals surface area contributed by atoms with Crippen molar-refractivity contribution in [2.45, 2.75) is 17.1 Å². The zero-order valence-electron chi connectivity index (χ0n) is 21.1. The van der Waals surface area contributed by atoms with Crippen LogP contribution in [0.2, 0.25) is 0 Å². The van der Waals surface area contributed by atoms with E-state index < -0.39 is 22.0 Å². The number of carbonyl (C=O) groups is 3. The largest absolute Gasteiger partial charge is 0.321 e. The molecule has 1 atom stereocenters. The maximum absolute atomic E-state index is 13.3. The number of rotatable bonds is 10. The Morgan fingerprint density at radius 2 is 1.75 bits per heavy atom. The molecule has 10 nitrogen and oxygen atoms in total. The molecule has 1 unspecified atom stereocenters. The van der Waals surface area contributed by atoms with Crippen LogP contribution in [-0.2, 0) is 9.59 Å². The van der Waals surface area contributed by atoms with Gasteiger partial charge in [0.1, 0.15) is 5.70 Å². The van der Waals surface area contributed by atoms with Crippen LogP contribution in [0.15, 0.2) is 101 Å². The zero-order chi connectivity index (χ0) is 28.5. The number of aromatic nitrogens is 1. The highest BCUT2D eigenvalue weighted by molar-refractivity contribution is 8.00. The summed E-state index contributed by atoms with van der Waals surface area (Å²) in [5.41, 5.74) is 0.468. The van der Waals surface area contributed by atoms with E-state index >= 15 is 0 Å². The van der Waals surface area contributed by atoms with Crippen molar-refractivity contribution >= 4 is 63.4 Å². The maximum atomic E-state index is 13.3. The van der Waals surface area contributed by atoms with Crippen molar-refractivity contribution in [3.05, 3.63) is 117 Å². The average molecular weight is 574 g/mol. The van der Waals surface area contributed by atoms with Crippen LogP contribution in [0.1, 0.15) is 22.8 Å². The maximum Gasteiger partial charge on any atom is 0.276 e. The molecule has 0 aliphatic rings. The molecule has 1 heterocycles. The molecule has 1 aromatic heterocycles. The number of nitro benzene ring substituents is 1. The van der Waals surface area contributed by atoms with Crippen LogP contribution >= 0.6 is 23.1 Å². The van der Waals surface area contributed by atoms with Gasteiger partial charge in [-0.1, -0.05) is 36.4 Å². The number of amides is 3. The van der Waals surface area contributed by atoms with Gasteiger partial charge in [0, 0.05) is 33.8 Å². The predicted octanol–water partition coefficient (Wildman–Crippen LogP) is 5.58. The Balaban J connectivity index is 1.54. The molecule has 202 valence electrons. The van der Waals surface area contributed by atoms with Crippen LogP contribution in [0.4, 0.5) is 16.5 Å². The third kappa shape index (κ3) is 7.62. The highest BCUT2D eigenvalue weighted by Gasteiger charge is 2.19. The normalized spacial score (nSPS) is 11.8. The molecule has 0 bridgehead atoms. The van der Waals surface area contributed by atoms with Crippen molar-refractivity contribution < 1.29 is 19.3 Å². The minimum Gasteiger partial charge on any atom is -0.321 e. The topological polar surface area (TPSA) is 143 Å². The fourth-order valence-electron chi connectivity index (χ4n) is 3.47. The van der Waals surface area contributed by atoms with Gasteiger partial charge in [0.2, 0.25) is 5.91 Å². The van der Waals surface area contributed by atoms with Gasteiger partial charge in [0.25, 0.3) is 17.5 Å². The van der Waals surface area contributed by atoms with Crippen LogP contribution < -0.4 is 16.0 Å². The molecule has 0 saturated carbocycles. The smallest absolute Gasteiger partial charge is 0.276 e. The van der Waals surface area contributed by atoms with E-state index in [2.05, 4.69) is 20.9 Å². The standard InChI is InChI=1S/C28H23N5O5S2/c1-18(25(34)32-28-29-14-15-39-28)40-22-12-7-11-21(17-22)30-27(36)23(31-26(35)19-8-3-2-4-9-19)16-20-10-5-6-13-24(20)33(37)38/h2-18H,1H3,(H,30,36)(H,31,35)(H,29,32,34)/b23-16+. The van der Waals surface area contributed by atoms with Crippen molar-refractivity contribution in [3.8, 4) is 0 Å². The number of para-hydroxylation sites is 1. The Bertz CT molecular complexity index is 1560. The number of carbonyl (C=O) groups excluding carboxylic acids is 3. The quantitative estimate of drug-likeness (QED) is 0.0972.